The molecule has 0 fully saturated rings. The third-order valence-corrected chi connectivity index (χ3v) is 3.38. The van der Waals surface area contributed by atoms with Crippen molar-refractivity contribution in [1.29, 1.82) is 0 Å². The highest BCUT2D eigenvalue weighted by Crippen LogP contribution is 2.29. The van der Waals surface area contributed by atoms with E-state index in [1.54, 1.807) is 0 Å². The lowest BCUT2D eigenvalue weighted by Crippen LogP contribution is -1.96. The van der Waals surface area contributed by atoms with Crippen LogP contribution in [0.25, 0.3) is 5.57 Å². The van der Waals surface area contributed by atoms with Gasteiger partial charge in [-0.25, -0.2) is 0 Å². The van der Waals surface area contributed by atoms with E-state index >= 15 is 0 Å². The molecule has 0 saturated heterocycles. The number of benzene rings is 2. The van der Waals surface area contributed by atoms with E-state index in [1.807, 2.05) is 18.2 Å². The Morgan fingerprint density at radius 2 is 1.58 bits per heavy atom. The second-order valence-electron chi connectivity index (χ2n) is 5.17. The van der Waals surface area contributed by atoms with E-state index in [0.717, 1.165) is 5.69 Å². The van der Waals surface area contributed by atoms with Gasteiger partial charge in [0.1, 0.15) is 0 Å². The van der Waals surface area contributed by atoms with Crippen molar-refractivity contribution in [2.75, 3.05) is 5.32 Å². The van der Waals surface area contributed by atoms with E-state index in [0.29, 0.717) is 0 Å². The van der Waals surface area contributed by atoms with Gasteiger partial charge >= 0.3 is 0 Å². The fraction of sp³-hybridized carbons (Fsp3) is 0.222. The zero-order valence-corrected chi connectivity index (χ0v) is 12.1. The van der Waals surface area contributed by atoms with E-state index in [2.05, 4.69) is 63.3 Å². The fourth-order valence-corrected chi connectivity index (χ4v) is 2.03. The minimum absolute atomic E-state index is 1.12. The maximum atomic E-state index is 3.51. The molecule has 1 heteroatoms. The number of hydrogen-bond donors (Lipinski definition) is 1. The van der Waals surface area contributed by atoms with Crippen molar-refractivity contribution in [3.8, 4) is 0 Å². The van der Waals surface area contributed by atoms with Crippen LogP contribution in [-0.2, 0) is 0 Å². The summed E-state index contributed by atoms with van der Waals surface area (Å²) in [6.45, 7) is 8.61. The van der Waals surface area contributed by atoms with Gasteiger partial charge in [0.15, 0.2) is 0 Å². The molecule has 19 heavy (non-hydrogen) atoms. The molecule has 0 aromatic heterocycles. The third-order valence-electron chi connectivity index (χ3n) is 3.38. The van der Waals surface area contributed by atoms with Gasteiger partial charge in [0, 0.05) is 16.9 Å². The Balaban J connectivity index is 2.44. The molecule has 0 atom stereocenters. The lowest BCUT2D eigenvalue weighted by molar-refractivity contribution is 1.35. The van der Waals surface area contributed by atoms with E-state index in [-0.39, 0.29) is 0 Å². The molecule has 0 aliphatic heterocycles. The minimum Gasteiger partial charge on any atom is -0.355 e. The molecule has 0 heterocycles. The summed E-state index contributed by atoms with van der Waals surface area (Å²) in [5, 5.41) is 3.51. The molecule has 98 valence electrons. The summed E-state index contributed by atoms with van der Waals surface area (Å²) in [5.41, 5.74) is 7.51. The first kappa shape index (κ1) is 13.4. The van der Waals surface area contributed by atoms with Crippen molar-refractivity contribution in [2.24, 2.45) is 0 Å². The number of anilines is 2. The predicted molar refractivity (Wildman–Crippen MR) is 84.8 cm³/mol. The highest BCUT2D eigenvalue weighted by atomic mass is 14.9. The SMILES string of the molecule is CC(C)=C(C)c1ccc(C)cc1Nc1ccccc1. The summed E-state index contributed by atoms with van der Waals surface area (Å²) in [7, 11) is 0. The highest BCUT2D eigenvalue weighted by Gasteiger charge is 2.06. The lowest BCUT2D eigenvalue weighted by atomic mass is 9.99. The Morgan fingerprint density at radius 1 is 0.895 bits per heavy atom. The Kier molecular flexibility index (Phi) is 4.06. The van der Waals surface area contributed by atoms with Crippen LogP contribution in [0.4, 0.5) is 11.4 Å². The molecule has 0 saturated carbocycles. The third kappa shape index (κ3) is 3.25. The molecular formula is C18H21N. The first-order valence-corrected chi connectivity index (χ1v) is 6.65. The summed E-state index contributed by atoms with van der Waals surface area (Å²) in [4.78, 5) is 0. The van der Waals surface area contributed by atoms with Crippen molar-refractivity contribution >= 4 is 16.9 Å². The quantitative estimate of drug-likeness (QED) is 0.754. The zero-order chi connectivity index (χ0) is 13.8. The Labute approximate surface area is 116 Å². The van der Waals surface area contributed by atoms with E-state index < -0.39 is 0 Å². The molecule has 2 aromatic carbocycles. The lowest BCUT2D eigenvalue weighted by Gasteiger charge is -2.15. The van der Waals surface area contributed by atoms with Crippen LogP contribution in [0, 0.1) is 6.92 Å². The van der Waals surface area contributed by atoms with Gasteiger partial charge in [-0.15, -0.1) is 0 Å². The minimum atomic E-state index is 1.12. The van der Waals surface area contributed by atoms with Gasteiger partial charge < -0.3 is 5.32 Å². The molecule has 0 bridgehead atoms. The molecule has 0 aliphatic rings. The van der Waals surface area contributed by atoms with Gasteiger partial charge in [0.25, 0.3) is 0 Å². The molecule has 0 spiro atoms. The molecular weight excluding hydrogens is 230 g/mol. The van der Waals surface area contributed by atoms with Gasteiger partial charge in [-0.1, -0.05) is 35.9 Å². The van der Waals surface area contributed by atoms with Gasteiger partial charge in [-0.05, 0) is 57.0 Å². The average Bonchev–Trinajstić information content (AvgIpc) is 2.39. The largest absolute Gasteiger partial charge is 0.355 e. The van der Waals surface area contributed by atoms with Gasteiger partial charge in [0.05, 0.1) is 0 Å². The van der Waals surface area contributed by atoms with Crippen LogP contribution >= 0.6 is 0 Å². The molecule has 1 N–H and O–H groups in total. The topological polar surface area (TPSA) is 12.0 Å². The second kappa shape index (κ2) is 5.75. The van der Waals surface area contributed by atoms with Crippen molar-refractivity contribution in [2.45, 2.75) is 27.7 Å². The zero-order valence-electron chi connectivity index (χ0n) is 12.1. The van der Waals surface area contributed by atoms with Gasteiger partial charge in [0.2, 0.25) is 0 Å². The van der Waals surface area contributed by atoms with E-state index in [1.165, 1.54) is 28.0 Å². The Hall–Kier alpha value is -2.02. The average molecular weight is 251 g/mol. The van der Waals surface area contributed by atoms with Crippen molar-refractivity contribution in [3.63, 3.8) is 0 Å². The number of nitrogens with one attached hydrogen (secondary N) is 1. The van der Waals surface area contributed by atoms with Crippen LogP contribution in [0.5, 0.6) is 0 Å². The predicted octanol–water partition coefficient (Wildman–Crippen LogP) is 5.55. The van der Waals surface area contributed by atoms with Gasteiger partial charge in [-0.3, -0.25) is 0 Å². The smallest absolute Gasteiger partial charge is 0.0463 e. The first-order chi connectivity index (χ1) is 9.08. The highest BCUT2D eigenvalue weighted by molar-refractivity contribution is 5.79. The van der Waals surface area contributed by atoms with Crippen LogP contribution in [0.15, 0.2) is 54.1 Å². The Morgan fingerprint density at radius 3 is 2.21 bits per heavy atom. The number of aryl methyl sites for hydroxylation is 1. The number of hydrogen-bond acceptors (Lipinski definition) is 1. The maximum absolute atomic E-state index is 3.51. The van der Waals surface area contributed by atoms with E-state index in [9.17, 15) is 0 Å². The van der Waals surface area contributed by atoms with Crippen LogP contribution in [0.1, 0.15) is 31.9 Å². The summed E-state index contributed by atoms with van der Waals surface area (Å²) in [6, 6.07) is 16.9. The summed E-state index contributed by atoms with van der Waals surface area (Å²) in [6.07, 6.45) is 0. The normalized spacial score (nSPS) is 10.1. The van der Waals surface area contributed by atoms with E-state index in [4.69, 9.17) is 0 Å². The van der Waals surface area contributed by atoms with Crippen LogP contribution in [0.3, 0.4) is 0 Å². The molecule has 1 nitrogen and oxygen atoms in total. The summed E-state index contributed by atoms with van der Waals surface area (Å²) in [5.74, 6) is 0. The van der Waals surface area contributed by atoms with Gasteiger partial charge in [-0.2, -0.15) is 0 Å². The number of rotatable bonds is 3. The molecule has 2 aromatic rings. The summed E-state index contributed by atoms with van der Waals surface area (Å²) >= 11 is 0. The molecule has 0 radical (unpaired) electrons. The van der Waals surface area contributed by atoms with Crippen molar-refractivity contribution in [1.82, 2.24) is 0 Å². The second-order valence-corrected chi connectivity index (χ2v) is 5.17. The number of para-hydroxylation sites is 1. The van der Waals surface area contributed by atoms with Crippen LogP contribution in [0.2, 0.25) is 0 Å². The standard InChI is InChI=1S/C18H21N/c1-13(2)15(4)17-11-10-14(3)12-18(17)19-16-8-6-5-7-9-16/h5-12,19H,1-4H3. The number of allylic oxidation sites excluding steroid dienone is 2. The molecule has 0 aliphatic carbocycles. The molecule has 2 rings (SSSR count). The monoisotopic (exact) mass is 251 g/mol. The van der Waals surface area contributed by atoms with Crippen LogP contribution in [-0.4, -0.2) is 0 Å². The fourth-order valence-electron chi connectivity index (χ4n) is 2.03. The molecule has 0 unspecified atom stereocenters. The maximum Gasteiger partial charge on any atom is 0.0463 e. The van der Waals surface area contributed by atoms with Crippen molar-refractivity contribution in [3.05, 3.63) is 65.2 Å². The van der Waals surface area contributed by atoms with Crippen LogP contribution < -0.4 is 5.32 Å². The van der Waals surface area contributed by atoms with Crippen molar-refractivity contribution < 1.29 is 0 Å². The molecule has 0 amide bonds. The summed E-state index contributed by atoms with van der Waals surface area (Å²) < 4.78 is 0. The first-order valence-electron chi connectivity index (χ1n) is 6.65. The Bertz CT molecular complexity index is 590.